The molecule has 21 heavy (non-hydrogen) atoms. The summed E-state index contributed by atoms with van der Waals surface area (Å²) in [5, 5.41) is 10.1. The molecule has 0 bridgehead atoms. The maximum absolute atomic E-state index is 9.60. The predicted molar refractivity (Wildman–Crippen MR) is 86.2 cm³/mol. The van der Waals surface area contributed by atoms with Crippen molar-refractivity contribution in [2.75, 3.05) is 6.54 Å². The van der Waals surface area contributed by atoms with Crippen LogP contribution in [-0.4, -0.2) is 30.0 Å². The van der Waals surface area contributed by atoms with Gasteiger partial charge in [0.15, 0.2) is 0 Å². The van der Waals surface area contributed by atoms with Crippen molar-refractivity contribution in [2.24, 2.45) is 5.73 Å². The Hall–Kier alpha value is -1.01. The van der Waals surface area contributed by atoms with Crippen molar-refractivity contribution in [1.29, 1.82) is 0 Å². The molecule has 6 heteroatoms. The highest BCUT2D eigenvalue weighted by atomic mass is 35.5. The molecule has 0 aliphatic carbocycles. The van der Waals surface area contributed by atoms with Crippen molar-refractivity contribution in [1.82, 2.24) is 0 Å². The largest absolute Gasteiger partial charge is 0.508 e. The molecule has 1 aliphatic heterocycles. The third kappa shape index (κ3) is 3.43. The van der Waals surface area contributed by atoms with Crippen LogP contribution in [0.1, 0.15) is 33.3 Å². The minimum Gasteiger partial charge on any atom is -0.508 e. The smallest absolute Gasteiger partial charge is 0.491 e. The van der Waals surface area contributed by atoms with Gasteiger partial charge in [0.2, 0.25) is 0 Å². The topological polar surface area (TPSA) is 64.7 Å². The summed E-state index contributed by atoms with van der Waals surface area (Å²) in [6, 6.07) is 4.85. The molecule has 0 unspecified atom stereocenters. The van der Waals surface area contributed by atoms with Crippen LogP contribution in [0.2, 0.25) is 5.02 Å². The molecule has 1 fully saturated rings. The normalized spacial score (nSPS) is 20.9. The summed E-state index contributed by atoms with van der Waals surface area (Å²) in [6.07, 6.45) is 1.84. The number of nitrogens with two attached hydrogens (primary N) is 1. The summed E-state index contributed by atoms with van der Waals surface area (Å²) >= 11 is 5.94. The number of halogens is 1. The van der Waals surface area contributed by atoms with E-state index in [1.54, 1.807) is 12.1 Å². The second-order valence-corrected chi connectivity index (χ2v) is 6.69. The van der Waals surface area contributed by atoms with Crippen LogP contribution in [0.5, 0.6) is 5.75 Å². The molecule has 1 aliphatic rings. The number of hydrogen-bond acceptors (Lipinski definition) is 4. The van der Waals surface area contributed by atoms with E-state index in [4.69, 9.17) is 26.6 Å². The Kier molecular flexibility index (Phi) is 4.40. The molecule has 0 amide bonds. The lowest BCUT2D eigenvalue weighted by Gasteiger charge is -2.32. The first-order valence-electron chi connectivity index (χ1n) is 6.90. The van der Waals surface area contributed by atoms with Gasteiger partial charge in [-0.2, -0.15) is 0 Å². The zero-order valence-electron chi connectivity index (χ0n) is 12.8. The third-order valence-electron chi connectivity index (χ3n) is 4.05. The Bertz CT molecular complexity index is 536. The standard InChI is InChI=1S/C15H21BClNO3/c1-14(2)15(3,4)21-16(20-14)11(9-18)5-10-6-12(17)8-13(19)7-10/h5-8,19H,9,18H2,1-4H3. The van der Waals surface area contributed by atoms with Gasteiger partial charge < -0.3 is 20.1 Å². The SMILES string of the molecule is CC1(C)OB(C(=Cc2cc(O)cc(Cl)c2)CN)OC1(C)C. The predicted octanol–water partition coefficient (Wildman–Crippen LogP) is 3.02. The first-order chi connectivity index (χ1) is 9.64. The van der Waals surface area contributed by atoms with Crippen LogP contribution < -0.4 is 5.73 Å². The Morgan fingerprint density at radius 2 is 1.81 bits per heavy atom. The van der Waals surface area contributed by atoms with E-state index in [9.17, 15) is 5.11 Å². The third-order valence-corrected chi connectivity index (χ3v) is 4.27. The zero-order valence-corrected chi connectivity index (χ0v) is 13.6. The molecule has 0 spiro atoms. The van der Waals surface area contributed by atoms with Crippen LogP contribution in [0.3, 0.4) is 0 Å². The van der Waals surface area contributed by atoms with E-state index in [1.807, 2.05) is 33.8 Å². The van der Waals surface area contributed by atoms with E-state index >= 15 is 0 Å². The van der Waals surface area contributed by atoms with E-state index < -0.39 is 18.3 Å². The molecular weight excluding hydrogens is 288 g/mol. The van der Waals surface area contributed by atoms with Crippen molar-refractivity contribution < 1.29 is 14.4 Å². The van der Waals surface area contributed by atoms with Crippen LogP contribution in [0.15, 0.2) is 23.7 Å². The monoisotopic (exact) mass is 309 g/mol. The molecule has 1 aromatic carbocycles. The molecule has 4 nitrogen and oxygen atoms in total. The molecule has 114 valence electrons. The second kappa shape index (κ2) is 5.65. The van der Waals surface area contributed by atoms with Gasteiger partial charge in [0.1, 0.15) is 5.75 Å². The van der Waals surface area contributed by atoms with Gasteiger partial charge in [-0.25, -0.2) is 0 Å². The van der Waals surface area contributed by atoms with Crippen LogP contribution in [-0.2, 0) is 9.31 Å². The molecule has 1 aromatic rings. The summed E-state index contributed by atoms with van der Waals surface area (Å²) in [5.74, 6) is 0.110. The van der Waals surface area contributed by atoms with Gasteiger partial charge in [0.25, 0.3) is 0 Å². The Balaban J connectivity index is 2.30. The first kappa shape index (κ1) is 16.4. The van der Waals surface area contributed by atoms with Gasteiger partial charge in [0, 0.05) is 11.6 Å². The van der Waals surface area contributed by atoms with Crippen LogP contribution >= 0.6 is 11.6 Å². The fourth-order valence-electron chi connectivity index (χ4n) is 2.11. The molecule has 0 atom stereocenters. The summed E-state index contributed by atoms with van der Waals surface area (Å²) in [7, 11) is -0.499. The summed E-state index contributed by atoms with van der Waals surface area (Å²) in [6.45, 7) is 8.27. The lowest BCUT2D eigenvalue weighted by molar-refractivity contribution is 0.00578. The van der Waals surface area contributed by atoms with E-state index in [1.165, 1.54) is 6.07 Å². The molecule has 0 radical (unpaired) electrons. The number of rotatable bonds is 3. The lowest BCUT2D eigenvalue weighted by atomic mass is 9.77. The Morgan fingerprint density at radius 1 is 1.24 bits per heavy atom. The van der Waals surface area contributed by atoms with E-state index in [2.05, 4.69) is 0 Å². The molecule has 0 aromatic heterocycles. The number of phenols is 1. The van der Waals surface area contributed by atoms with Crippen molar-refractivity contribution in [3.05, 3.63) is 34.3 Å². The summed E-state index contributed by atoms with van der Waals surface area (Å²) in [4.78, 5) is 0. The van der Waals surface area contributed by atoms with Gasteiger partial charge in [-0.05, 0) is 56.9 Å². The Labute approximate surface area is 131 Å². The van der Waals surface area contributed by atoms with Crippen LogP contribution in [0.25, 0.3) is 6.08 Å². The minimum absolute atomic E-state index is 0.110. The fourth-order valence-corrected chi connectivity index (χ4v) is 2.35. The quantitative estimate of drug-likeness (QED) is 0.842. The number of aromatic hydroxyl groups is 1. The van der Waals surface area contributed by atoms with Gasteiger partial charge in [0.05, 0.1) is 11.2 Å². The molecule has 1 heterocycles. The highest BCUT2D eigenvalue weighted by Gasteiger charge is 2.52. The van der Waals surface area contributed by atoms with Crippen LogP contribution in [0.4, 0.5) is 0 Å². The number of benzene rings is 1. The van der Waals surface area contributed by atoms with E-state index in [0.29, 0.717) is 11.6 Å². The maximum Gasteiger partial charge on any atom is 0.491 e. The Morgan fingerprint density at radius 3 is 2.29 bits per heavy atom. The molecular formula is C15H21BClNO3. The van der Waals surface area contributed by atoms with Gasteiger partial charge >= 0.3 is 7.12 Å². The average Bonchev–Trinajstić information content (AvgIpc) is 2.54. The highest BCUT2D eigenvalue weighted by Crippen LogP contribution is 2.38. The maximum atomic E-state index is 9.60. The van der Waals surface area contributed by atoms with Gasteiger partial charge in [-0.1, -0.05) is 17.7 Å². The van der Waals surface area contributed by atoms with Crippen molar-refractivity contribution >= 4 is 24.8 Å². The number of phenolic OH excluding ortho intramolecular Hbond substituents is 1. The van der Waals surface area contributed by atoms with Crippen LogP contribution in [0, 0.1) is 0 Å². The number of hydrogen-bond donors (Lipinski definition) is 2. The summed E-state index contributed by atoms with van der Waals surface area (Å²) in [5.41, 5.74) is 6.56. The first-order valence-corrected chi connectivity index (χ1v) is 7.28. The summed E-state index contributed by atoms with van der Waals surface area (Å²) < 4.78 is 12.0. The van der Waals surface area contributed by atoms with Gasteiger partial charge in [-0.15, -0.1) is 0 Å². The van der Waals surface area contributed by atoms with Crippen molar-refractivity contribution in [3.8, 4) is 5.75 Å². The highest BCUT2D eigenvalue weighted by molar-refractivity contribution is 6.55. The molecule has 1 saturated heterocycles. The average molecular weight is 310 g/mol. The van der Waals surface area contributed by atoms with E-state index in [0.717, 1.165) is 11.0 Å². The second-order valence-electron chi connectivity index (χ2n) is 6.25. The van der Waals surface area contributed by atoms with Gasteiger partial charge in [-0.3, -0.25) is 0 Å². The molecule has 0 saturated carbocycles. The van der Waals surface area contributed by atoms with Crippen molar-refractivity contribution in [3.63, 3.8) is 0 Å². The lowest BCUT2D eigenvalue weighted by Crippen LogP contribution is -2.41. The fraction of sp³-hybridized carbons (Fsp3) is 0.467. The zero-order chi connectivity index (χ0) is 15.8. The molecule has 3 N–H and O–H groups in total. The van der Waals surface area contributed by atoms with Crippen molar-refractivity contribution in [2.45, 2.75) is 38.9 Å². The van der Waals surface area contributed by atoms with E-state index in [-0.39, 0.29) is 5.75 Å². The minimum atomic E-state index is -0.499. The molecule has 2 rings (SSSR count).